The van der Waals surface area contributed by atoms with Crippen LogP contribution in [0.25, 0.3) is 17.2 Å². The molecule has 0 radical (unpaired) electrons. The Balaban J connectivity index is 1.35. The molecule has 1 N–H and O–H groups in total. The third-order valence-corrected chi connectivity index (χ3v) is 6.77. The van der Waals surface area contributed by atoms with Crippen molar-refractivity contribution >= 4 is 23.2 Å². The van der Waals surface area contributed by atoms with E-state index in [1.54, 1.807) is 21.9 Å². The average Bonchev–Trinajstić information content (AvgIpc) is 3.58. The second-order valence-corrected chi connectivity index (χ2v) is 9.19. The van der Waals surface area contributed by atoms with E-state index >= 15 is 0 Å². The van der Waals surface area contributed by atoms with Gasteiger partial charge in [-0.15, -0.1) is 13.2 Å². The van der Waals surface area contributed by atoms with Crippen LogP contribution in [0.4, 0.5) is 24.5 Å². The Labute approximate surface area is 220 Å². The van der Waals surface area contributed by atoms with Gasteiger partial charge in [0.15, 0.2) is 5.82 Å². The van der Waals surface area contributed by atoms with Gasteiger partial charge in [-0.1, -0.05) is 0 Å². The van der Waals surface area contributed by atoms with E-state index in [2.05, 4.69) is 25.0 Å². The SMILES string of the molecule is O=C1CCCCN1c1ccc(N2CCc3c(-c4ncn[nH]4)nn(-c4ccc(OC(F)(F)F)cc4)c3C2=O)cc1. The molecule has 2 aliphatic rings. The fourth-order valence-corrected chi connectivity index (χ4v) is 4.98. The molecule has 1 fully saturated rings. The van der Waals surface area contributed by atoms with Gasteiger partial charge in [0.2, 0.25) is 5.91 Å². The Morgan fingerprint density at radius 2 is 1.54 bits per heavy atom. The lowest BCUT2D eigenvalue weighted by Crippen LogP contribution is -2.39. The number of H-pyrrole nitrogens is 1. The molecule has 4 aromatic rings. The predicted molar refractivity (Wildman–Crippen MR) is 134 cm³/mol. The highest BCUT2D eigenvalue weighted by molar-refractivity contribution is 6.08. The molecule has 0 aliphatic carbocycles. The Morgan fingerprint density at radius 1 is 0.846 bits per heavy atom. The van der Waals surface area contributed by atoms with Crippen molar-refractivity contribution in [2.75, 3.05) is 22.9 Å². The van der Waals surface area contributed by atoms with Gasteiger partial charge in [0, 0.05) is 36.4 Å². The summed E-state index contributed by atoms with van der Waals surface area (Å²) >= 11 is 0. The van der Waals surface area contributed by atoms with E-state index in [4.69, 9.17) is 0 Å². The maximum atomic E-state index is 13.9. The molecule has 0 spiro atoms. The number of rotatable bonds is 5. The molecule has 2 aliphatic heterocycles. The lowest BCUT2D eigenvalue weighted by atomic mass is 10.0. The summed E-state index contributed by atoms with van der Waals surface area (Å²) in [6, 6.07) is 12.4. The van der Waals surface area contributed by atoms with Crippen LogP contribution < -0.4 is 14.5 Å². The zero-order valence-electron chi connectivity index (χ0n) is 20.5. The van der Waals surface area contributed by atoms with Crippen LogP contribution in [-0.2, 0) is 11.2 Å². The number of halogens is 3. The van der Waals surface area contributed by atoms with Crippen LogP contribution >= 0.6 is 0 Å². The van der Waals surface area contributed by atoms with E-state index in [0.29, 0.717) is 54.4 Å². The first-order valence-electron chi connectivity index (χ1n) is 12.3. The number of ether oxygens (including phenoxy) is 1. The van der Waals surface area contributed by atoms with Gasteiger partial charge in [-0.2, -0.15) is 10.2 Å². The van der Waals surface area contributed by atoms with E-state index < -0.39 is 6.36 Å². The van der Waals surface area contributed by atoms with E-state index in [9.17, 15) is 22.8 Å². The number of piperidine rings is 1. The van der Waals surface area contributed by atoms with Crippen molar-refractivity contribution in [2.45, 2.75) is 32.0 Å². The number of hydrogen-bond donors (Lipinski definition) is 1. The first-order chi connectivity index (χ1) is 18.8. The molecule has 6 rings (SSSR count). The Kier molecular flexibility index (Phi) is 6.04. The third-order valence-electron chi connectivity index (χ3n) is 6.77. The van der Waals surface area contributed by atoms with Crippen molar-refractivity contribution in [3.05, 3.63) is 66.1 Å². The molecule has 2 aromatic carbocycles. The number of benzene rings is 2. The minimum Gasteiger partial charge on any atom is -0.406 e. The number of anilines is 2. The van der Waals surface area contributed by atoms with Crippen LogP contribution in [0.15, 0.2) is 54.9 Å². The average molecular weight is 538 g/mol. The van der Waals surface area contributed by atoms with Crippen molar-refractivity contribution in [1.82, 2.24) is 25.0 Å². The summed E-state index contributed by atoms with van der Waals surface area (Å²) < 4.78 is 43.3. The largest absolute Gasteiger partial charge is 0.573 e. The van der Waals surface area contributed by atoms with E-state index in [1.165, 1.54) is 23.1 Å². The van der Waals surface area contributed by atoms with Crippen molar-refractivity contribution in [2.24, 2.45) is 0 Å². The summed E-state index contributed by atoms with van der Waals surface area (Å²) in [6.07, 6.45) is -0.676. The number of alkyl halides is 3. The van der Waals surface area contributed by atoms with Crippen LogP contribution in [0.3, 0.4) is 0 Å². The number of hydrogen-bond acceptors (Lipinski definition) is 6. The molecule has 0 unspecified atom stereocenters. The van der Waals surface area contributed by atoms with Crippen molar-refractivity contribution < 1.29 is 27.5 Å². The van der Waals surface area contributed by atoms with Gasteiger partial charge < -0.3 is 14.5 Å². The zero-order chi connectivity index (χ0) is 27.1. The smallest absolute Gasteiger partial charge is 0.406 e. The summed E-state index contributed by atoms with van der Waals surface area (Å²) in [7, 11) is 0. The number of carbonyl (C=O) groups excluding carboxylic acids is 2. The third kappa shape index (κ3) is 4.71. The van der Waals surface area contributed by atoms with E-state index in [-0.39, 0.29) is 23.3 Å². The second kappa shape index (κ2) is 9.57. The minimum absolute atomic E-state index is 0.0863. The number of amides is 2. The number of fused-ring (bicyclic) bond motifs is 1. The van der Waals surface area contributed by atoms with Crippen molar-refractivity contribution in [1.29, 1.82) is 0 Å². The molecule has 39 heavy (non-hydrogen) atoms. The fourth-order valence-electron chi connectivity index (χ4n) is 4.98. The molecule has 1 saturated heterocycles. The van der Waals surface area contributed by atoms with Crippen LogP contribution in [0.2, 0.25) is 0 Å². The molecule has 0 saturated carbocycles. The topological polar surface area (TPSA) is 109 Å². The maximum absolute atomic E-state index is 13.9. The summed E-state index contributed by atoms with van der Waals surface area (Å²) in [4.78, 5) is 33.7. The van der Waals surface area contributed by atoms with E-state index in [0.717, 1.165) is 30.7 Å². The first-order valence-corrected chi connectivity index (χ1v) is 12.3. The quantitative estimate of drug-likeness (QED) is 0.407. The molecule has 4 heterocycles. The Hall–Kier alpha value is -4.68. The standard InChI is InChI=1S/C26H22F3N7O3/c27-26(28,29)39-19-10-8-18(9-11-19)36-23-20(22(33-36)24-30-15-31-32-24)12-14-35(25(23)38)17-6-4-16(5-7-17)34-13-2-1-3-21(34)37/h4-11,15H,1-3,12-14H2,(H,30,31,32). The molecule has 200 valence electrons. The number of aromatic amines is 1. The second-order valence-electron chi connectivity index (χ2n) is 9.19. The van der Waals surface area contributed by atoms with Gasteiger partial charge in [-0.3, -0.25) is 14.7 Å². The molecular formula is C26H22F3N7O3. The van der Waals surface area contributed by atoms with Gasteiger partial charge in [0.1, 0.15) is 23.5 Å². The molecular weight excluding hydrogens is 515 g/mol. The van der Waals surface area contributed by atoms with Gasteiger partial charge in [-0.25, -0.2) is 9.67 Å². The predicted octanol–water partition coefficient (Wildman–Crippen LogP) is 4.28. The lowest BCUT2D eigenvalue weighted by molar-refractivity contribution is -0.274. The van der Waals surface area contributed by atoms with Crippen LogP contribution in [0.1, 0.15) is 35.3 Å². The van der Waals surface area contributed by atoms with Gasteiger partial charge in [-0.05, 0) is 67.8 Å². The number of carbonyl (C=O) groups is 2. The van der Waals surface area contributed by atoms with Gasteiger partial charge in [0.05, 0.1) is 5.69 Å². The fraction of sp³-hybridized carbons (Fsp3) is 0.269. The van der Waals surface area contributed by atoms with Crippen LogP contribution in [0.5, 0.6) is 5.75 Å². The summed E-state index contributed by atoms with van der Waals surface area (Å²) in [6.45, 7) is 1.04. The molecule has 2 aromatic heterocycles. The van der Waals surface area contributed by atoms with E-state index in [1.807, 2.05) is 12.1 Å². The lowest BCUT2D eigenvalue weighted by Gasteiger charge is -2.29. The Morgan fingerprint density at radius 3 is 2.18 bits per heavy atom. The molecule has 0 bridgehead atoms. The molecule has 10 nitrogen and oxygen atoms in total. The number of nitrogens with zero attached hydrogens (tertiary/aromatic N) is 6. The van der Waals surface area contributed by atoms with Crippen molar-refractivity contribution in [3.8, 4) is 23.0 Å². The molecule has 0 atom stereocenters. The summed E-state index contributed by atoms with van der Waals surface area (Å²) in [5, 5.41) is 11.2. The summed E-state index contributed by atoms with van der Waals surface area (Å²) in [5.74, 6) is -0.253. The van der Waals surface area contributed by atoms with Crippen LogP contribution in [0, 0.1) is 0 Å². The highest BCUT2D eigenvalue weighted by Crippen LogP contribution is 2.34. The summed E-state index contributed by atoms with van der Waals surface area (Å²) in [5.41, 5.74) is 3.17. The minimum atomic E-state index is -4.82. The first kappa shape index (κ1) is 24.6. The zero-order valence-corrected chi connectivity index (χ0v) is 20.5. The highest BCUT2D eigenvalue weighted by Gasteiger charge is 2.35. The van der Waals surface area contributed by atoms with Crippen molar-refractivity contribution in [3.63, 3.8) is 0 Å². The Bertz CT molecular complexity index is 1510. The molecule has 13 heteroatoms. The number of aromatic nitrogens is 5. The van der Waals surface area contributed by atoms with Gasteiger partial charge in [0.25, 0.3) is 5.91 Å². The molecule has 2 amide bonds. The van der Waals surface area contributed by atoms with Gasteiger partial charge >= 0.3 is 6.36 Å². The highest BCUT2D eigenvalue weighted by atomic mass is 19.4. The monoisotopic (exact) mass is 537 g/mol. The maximum Gasteiger partial charge on any atom is 0.573 e. The van der Waals surface area contributed by atoms with Crippen LogP contribution in [-0.4, -0.2) is 56.2 Å². The number of nitrogens with one attached hydrogen (secondary N) is 1. The normalized spacial score (nSPS) is 16.0.